The van der Waals surface area contributed by atoms with Crippen molar-refractivity contribution in [2.45, 2.75) is 37.1 Å². The molecule has 4 nitrogen and oxygen atoms in total. The lowest BCUT2D eigenvalue weighted by Gasteiger charge is -2.12. The average Bonchev–Trinajstić information content (AvgIpc) is 2.68. The van der Waals surface area contributed by atoms with Gasteiger partial charge in [-0.15, -0.1) is 10.2 Å². The molecule has 82 valence electrons. The first-order valence-electron chi connectivity index (χ1n) is 5.15. The van der Waals surface area contributed by atoms with Crippen LogP contribution in [-0.4, -0.2) is 25.8 Å². The minimum Gasteiger partial charge on any atom is -0.309 e. The SMILES string of the molecule is Cc1nnc(SC2CCC(=O)C2C)n1C. The van der Waals surface area contributed by atoms with Crippen LogP contribution in [0.15, 0.2) is 5.16 Å². The van der Waals surface area contributed by atoms with E-state index in [0.29, 0.717) is 11.0 Å². The van der Waals surface area contributed by atoms with Gasteiger partial charge < -0.3 is 4.57 Å². The topological polar surface area (TPSA) is 47.8 Å². The van der Waals surface area contributed by atoms with Crippen LogP contribution in [0.2, 0.25) is 0 Å². The Hall–Kier alpha value is -0.840. The maximum Gasteiger partial charge on any atom is 0.191 e. The van der Waals surface area contributed by atoms with E-state index in [1.165, 1.54) is 0 Å². The monoisotopic (exact) mass is 225 g/mol. The zero-order valence-electron chi connectivity index (χ0n) is 9.23. The van der Waals surface area contributed by atoms with Crippen LogP contribution < -0.4 is 0 Å². The Morgan fingerprint density at radius 3 is 2.67 bits per heavy atom. The van der Waals surface area contributed by atoms with E-state index in [4.69, 9.17) is 0 Å². The largest absolute Gasteiger partial charge is 0.309 e. The van der Waals surface area contributed by atoms with E-state index in [0.717, 1.165) is 23.8 Å². The Kier molecular flexibility index (Phi) is 2.82. The second-order valence-corrected chi connectivity index (χ2v) is 5.25. The molecule has 5 heteroatoms. The van der Waals surface area contributed by atoms with Gasteiger partial charge in [0, 0.05) is 24.6 Å². The molecule has 2 unspecified atom stereocenters. The maximum atomic E-state index is 11.4. The first-order valence-corrected chi connectivity index (χ1v) is 6.03. The minimum atomic E-state index is 0.159. The normalized spacial score (nSPS) is 26.2. The Bertz CT molecular complexity index is 388. The molecule has 0 amide bonds. The van der Waals surface area contributed by atoms with Crippen molar-refractivity contribution in [1.29, 1.82) is 0 Å². The minimum absolute atomic E-state index is 0.159. The number of aryl methyl sites for hydroxylation is 1. The van der Waals surface area contributed by atoms with E-state index >= 15 is 0 Å². The van der Waals surface area contributed by atoms with Gasteiger partial charge in [-0.3, -0.25) is 4.79 Å². The van der Waals surface area contributed by atoms with Crippen molar-refractivity contribution in [3.05, 3.63) is 5.82 Å². The number of hydrogen-bond donors (Lipinski definition) is 0. The number of carbonyl (C=O) groups is 1. The number of aromatic nitrogens is 3. The fraction of sp³-hybridized carbons (Fsp3) is 0.700. The van der Waals surface area contributed by atoms with Crippen molar-refractivity contribution in [2.24, 2.45) is 13.0 Å². The molecular weight excluding hydrogens is 210 g/mol. The number of ketones is 1. The summed E-state index contributed by atoms with van der Waals surface area (Å²) in [5, 5.41) is 9.40. The summed E-state index contributed by atoms with van der Waals surface area (Å²) in [7, 11) is 1.96. The fourth-order valence-corrected chi connectivity index (χ4v) is 3.00. The van der Waals surface area contributed by atoms with E-state index < -0.39 is 0 Å². The van der Waals surface area contributed by atoms with Crippen molar-refractivity contribution in [3.8, 4) is 0 Å². The highest BCUT2D eigenvalue weighted by Crippen LogP contribution is 2.35. The Labute approximate surface area is 93.5 Å². The van der Waals surface area contributed by atoms with E-state index in [1.807, 2.05) is 25.5 Å². The van der Waals surface area contributed by atoms with Crippen LogP contribution in [0.4, 0.5) is 0 Å². The molecule has 1 aliphatic rings. The van der Waals surface area contributed by atoms with Crippen molar-refractivity contribution >= 4 is 17.5 Å². The molecule has 1 aromatic heterocycles. The number of Topliss-reactive ketones (excluding diaryl/α,β-unsaturated/α-hetero) is 1. The van der Waals surface area contributed by atoms with Gasteiger partial charge in [0.15, 0.2) is 5.16 Å². The molecule has 0 saturated heterocycles. The molecule has 0 radical (unpaired) electrons. The summed E-state index contributed by atoms with van der Waals surface area (Å²) in [6.45, 7) is 3.94. The molecule has 0 aliphatic heterocycles. The van der Waals surface area contributed by atoms with Gasteiger partial charge in [0.2, 0.25) is 0 Å². The number of rotatable bonds is 2. The van der Waals surface area contributed by atoms with E-state index in [9.17, 15) is 4.79 Å². The predicted octanol–water partition coefficient (Wildman–Crippen LogP) is 1.58. The van der Waals surface area contributed by atoms with Gasteiger partial charge in [-0.1, -0.05) is 18.7 Å². The summed E-state index contributed by atoms with van der Waals surface area (Å²) < 4.78 is 1.97. The second-order valence-electron chi connectivity index (χ2n) is 4.04. The zero-order chi connectivity index (χ0) is 11.0. The highest BCUT2D eigenvalue weighted by Gasteiger charge is 2.32. The number of carbonyl (C=O) groups excluding carboxylic acids is 1. The molecule has 15 heavy (non-hydrogen) atoms. The van der Waals surface area contributed by atoms with E-state index in [-0.39, 0.29) is 5.92 Å². The van der Waals surface area contributed by atoms with Crippen LogP contribution in [0.25, 0.3) is 0 Å². The first kappa shape index (κ1) is 10.7. The molecule has 0 aromatic carbocycles. The van der Waals surface area contributed by atoms with Crippen LogP contribution in [0, 0.1) is 12.8 Å². The second kappa shape index (κ2) is 3.96. The molecule has 0 bridgehead atoms. The van der Waals surface area contributed by atoms with Gasteiger partial charge in [-0.25, -0.2) is 0 Å². The molecule has 1 fully saturated rings. The van der Waals surface area contributed by atoms with Crippen LogP contribution in [-0.2, 0) is 11.8 Å². The highest BCUT2D eigenvalue weighted by molar-refractivity contribution is 7.99. The number of nitrogens with zero attached hydrogens (tertiary/aromatic N) is 3. The summed E-state index contributed by atoms with van der Waals surface area (Å²) >= 11 is 1.68. The van der Waals surface area contributed by atoms with Crippen LogP contribution >= 0.6 is 11.8 Å². The summed E-state index contributed by atoms with van der Waals surface area (Å²) in [5.74, 6) is 1.45. The standard InChI is InChI=1S/C10H15N3OS/c1-6-8(14)4-5-9(6)15-10-12-11-7(2)13(10)3/h6,9H,4-5H2,1-3H3. The van der Waals surface area contributed by atoms with Gasteiger partial charge in [0.25, 0.3) is 0 Å². The van der Waals surface area contributed by atoms with Crippen molar-refractivity contribution in [1.82, 2.24) is 14.8 Å². The third kappa shape index (κ3) is 1.93. The molecule has 1 saturated carbocycles. The summed E-state index contributed by atoms with van der Waals surface area (Å²) in [4.78, 5) is 11.4. The van der Waals surface area contributed by atoms with E-state index in [2.05, 4.69) is 10.2 Å². The first-order chi connectivity index (χ1) is 7.09. The molecular formula is C10H15N3OS. The lowest BCUT2D eigenvalue weighted by atomic mass is 10.1. The van der Waals surface area contributed by atoms with Crippen LogP contribution in [0.5, 0.6) is 0 Å². The third-order valence-electron chi connectivity index (χ3n) is 3.05. The van der Waals surface area contributed by atoms with Gasteiger partial charge in [-0.05, 0) is 13.3 Å². The number of thioether (sulfide) groups is 1. The summed E-state index contributed by atoms with van der Waals surface area (Å²) in [6, 6.07) is 0. The van der Waals surface area contributed by atoms with Crippen LogP contribution in [0.1, 0.15) is 25.6 Å². The van der Waals surface area contributed by atoms with Crippen LogP contribution in [0.3, 0.4) is 0 Å². The molecule has 2 atom stereocenters. The van der Waals surface area contributed by atoms with Crippen molar-refractivity contribution in [3.63, 3.8) is 0 Å². The molecule has 0 spiro atoms. The van der Waals surface area contributed by atoms with Gasteiger partial charge in [0.05, 0.1) is 0 Å². The summed E-state index contributed by atoms with van der Waals surface area (Å²) in [5.41, 5.74) is 0. The van der Waals surface area contributed by atoms with Crippen molar-refractivity contribution < 1.29 is 4.79 Å². The molecule has 1 aliphatic carbocycles. The molecule has 1 aromatic rings. The lowest BCUT2D eigenvalue weighted by Crippen LogP contribution is -2.13. The number of hydrogen-bond acceptors (Lipinski definition) is 4. The smallest absolute Gasteiger partial charge is 0.191 e. The quantitative estimate of drug-likeness (QED) is 0.766. The highest BCUT2D eigenvalue weighted by atomic mass is 32.2. The van der Waals surface area contributed by atoms with Gasteiger partial charge in [0.1, 0.15) is 11.6 Å². The third-order valence-corrected chi connectivity index (χ3v) is 4.56. The predicted molar refractivity (Wildman–Crippen MR) is 58.8 cm³/mol. The molecule has 2 rings (SSSR count). The maximum absolute atomic E-state index is 11.4. The Morgan fingerprint density at radius 2 is 2.20 bits per heavy atom. The van der Waals surface area contributed by atoms with E-state index in [1.54, 1.807) is 11.8 Å². The fourth-order valence-electron chi connectivity index (χ4n) is 1.76. The Balaban J connectivity index is 2.10. The van der Waals surface area contributed by atoms with Gasteiger partial charge >= 0.3 is 0 Å². The molecule has 1 heterocycles. The van der Waals surface area contributed by atoms with Gasteiger partial charge in [-0.2, -0.15) is 0 Å². The zero-order valence-corrected chi connectivity index (χ0v) is 10.0. The van der Waals surface area contributed by atoms with Crippen molar-refractivity contribution in [2.75, 3.05) is 0 Å². The Morgan fingerprint density at radius 1 is 1.47 bits per heavy atom. The molecule has 0 N–H and O–H groups in total. The average molecular weight is 225 g/mol. The summed E-state index contributed by atoms with van der Waals surface area (Å²) in [6.07, 6.45) is 1.69. The lowest BCUT2D eigenvalue weighted by molar-refractivity contribution is -0.120.